The highest BCUT2D eigenvalue weighted by molar-refractivity contribution is 5.81. The highest BCUT2D eigenvalue weighted by Crippen LogP contribution is 2.67. The number of fused-ring (bicyclic) bond motifs is 5. The average Bonchev–Trinajstić information content (AvgIpc) is 3.04. The zero-order valence-corrected chi connectivity index (χ0v) is 20.4. The normalized spacial score (nSPS) is 45.2. The number of aliphatic hydroxyl groups is 1. The molecule has 4 aliphatic carbocycles. The number of Topliss-reactive ketones (excluding diaryl/α,β-unsaturated/α-hetero) is 1. The summed E-state index contributed by atoms with van der Waals surface area (Å²) in [5.41, 5.74) is 2.22. The van der Waals surface area contributed by atoms with Crippen molar-refractivity contribution in [1.82, 2.24) is 0 Å². The number of carbonyl (C=O) groups is 1. The van der Waals surface area contributed by atoms with Crippen molar-refractivity contribution in [2.75, 3.05) is 0 Å². The van der Waals surface area contributed by atoms with Crippen LogP contribution in [0.1, 0.15) is 99.3 Å². The first kappa shape index (κ1) is 22.6. The summed E-state index contributed by atoms with van der Waals surface area (Å²) >= 11 is 0. The molecular formula is C28H46O2. The van der Waals surface area contributed by atoms with Crippen molar-refractivity contribution < 1.29 is 9.90 Å². The predicted molar refractivity (Wildman–Crippen MR) is 124 cm³/mol. The molecule has 0 saturated heterocycles. The summed E-state index contributed by atoms with van der Waals surface area (Å²) in [6.45, 7) is 14.0. The van der Waals surface area contributed by atoms with Crippen LogP contribution in [0, 0.1) is 52.3 Å². The summed E-state index contributed by atoms with van der Waals surface area (Å²) in [5, 5.41) is 10.2. The Bertz CT molecular complexity index is 693. The van der Waals surface area contributed by atoms with E-state index in [1.807, 2.05) is 0 Å². The van der Waals surface area contributed by atoms with Gasteiger partial charge in [-0.2, -0.15) is 0 Å². The van der Waals surface area contributed by atoms with E-state index in [-0.39, 0.29) is 12.0 Å². The molecule has 1 N–H and O–H groups in total. The van der Waals surface area contributed by atoms with Crippen LogP contribution in [0.2, 0.25) is 0 Å². The molecule has 3 fully saturated rings. The Balaban J connectivity index is 1.52. The largest absolute Gasteiger partial charge is 0.393 e. The maximum absolute atomic E-state index is 13.2. The van der Waals surface area contributed by atoms with Gasteiger partial charge in [-0.25, -0.2) is 0 Å². The Morgan fingerprint density at radius 2 is 1.80 bits per heavy atom. The number of aliphatic hydroxyl groups excluding tert-OH is 1. The van der Waals surface area contributed by atoms with Crippen molar-refractivity contribution in [2.45, 2.75) is 105 Å². The molecule has 4 aliphatic rings. The summed E-state index contributed by atoms with van der Waals surface area (Å²) in [4.78, 5) is 13.2. The van der Waals surface area contributed by atoms with E-state index in [1.165, 1.54) is 32.1 Å². The van der Waals surface area contributed by atoms with Gasteiger partial charge in [-0.1, -0.05) is 53.2 Å². The molecule has 0 spiro atoms. The molecule has 0 bridgehead atoms. The zero-order chi connectivity index (χ0) is 21.8. The third-order valence-corrected chi connectivity index (χ3v) is 10.9. The Morgan fingerprint density at radius 3 is 2.50 bits per heavy atom. The van der Waals surface area contributed by atoms with Crippen molar-refractivity contribution >= 4 is 5.78 Å². The molecule has 0 heterocycles. The van der Waals surface area contributed by atoms with E-state index < -0.39 is 0 Å². The van der Waals surface area contributed by atoms with Gasteiger partial charge in [-0.05, 0) is 97.7 Å². The second kappa shape index (κ2) is 8.05. The molecule has 3 saturated carbocycles. The van der Waals surface area contributed by atoms with E-state index in [2.05, 4.69) is 47.6 Å². The number of hydrogen-bond donors (Lipinski definition) is 1. The standard InChI is InChI=1S/C28H46O2/c1-17(2)18(3)15-26(30)19(4)23-9-10-24-22-8-7-20-16-21(29)11-13-27(20,5)25(22)12-14-28(23,24)6/h7,17-19,21-25,29H,8-16H2,1-6H3/t18-,19-,21-,22?,23+,24?,25?,27-,28+/m0/s1. The lowest BCUT2D eigenvalue weighted by Crippen LogP contribution is -2.51. The van der Waals surface area contributed by atoms with Gasteiger partial charge in [-0.3, -0.25) is 4.79 Å². The fourth-order valence-corrected chi connectivity index (χ4v) is 8.47. The monoisotopic (exact) mass is 414 g/mol. The van der Waals surface area contributed by atoms with Crippen molar-refractivity contribution in [2.24, 2.45) is 52.3 Å². The molecule has 170 valence electrons. The lowest BCUT2D eigenvalue weighted by molar-refractivity contribution is -0.128. The van der Waals surface area contributed by atoms with Gasteiger partial charge in [0, 0.05) is 12.3 Å². The van der Waals surface area contributed by atoms with E-state index in [0.717, 1.165) is 43.4 Å². The fraction of sp³-hybridized carbons (Fsp3) is 0.893. The van der Waals surface area contributed by atoms with Crippen LogP contribution in [-0.2, 0) is 4.79 Å². The molecule has 2 nitrogen and oxygen atoms in total. The third-order valence-electron chi connectivity index (χ3n) is 10.9. The quantitative estimate of drug-likeness (QED) is 0.501. The lowest BCUT2D eigenvalue weighted by atomic mass is 9.47. The zero-order valence-electron chi connectivity index (χ0n) is 20.4. The molecular weight excluding hydrogens is 368 g/mol. The maximum atomic E-state index is 13.2. The van der Waals surface area contributed by atoms with Crippen molar-refractivity contribution in [3.63, 3.8) is 0 Å². The van der Waals surface area contributed by atoms with Crippen molar-refractivity contribution in [3.05, 3.63) is 11.6 Å². The highest BCUT2D eigenvalue weighted by Gasteiger charge is 2.59. The topological polar surface area (TPSA) is 37.3 Å². The van der Waals surface area contributed by atoms with Crippen LogP contribution < -0.4 is 0 Å². The summed E-state index contributed by atoms with van der Waals surface area (Å²) in [6.07, 6.45) is 12.6. The smallest absolute Gasteiger partial charge is 0.136 e. The number of allylic oxidation sites excluding steroid dienone is 1. The van der Waals surface area contributed by atoms with Crippen LogP contribution in [-0.4, -0.2) is 17.0 Å². The Labute approximate surface area is 185 Å². The predicted octanol–water partition coefficient (Wildman–Crippen LogP) is 6.81. The van der Waals surface area contributed by atoms with E-state index in [0.29, 0.717) is 34.4 Å². The van der Waals surface area contributed by atoms with E-state index in [1.54, 1.807) is 5.57 Å². The molecule has 0 amide bonds. The minimum atomic E-state index is -0.120. The van der Waals surface area contributed by atoms with E-state index in [9.17, 15) is 9.90 Å². The lowest BCUT2D eigenvalue weighted by Gasteiger charge is -2.58. The Kier molecular flexibility index (Phi) is 6.06. The highest BCUT2D eigenvalue weighted by atomic mass is 16.3. The number of rotatable bonds is 5. The molecule has 2 heteroatoms. The minimum Gasteiger partial charge on any atom is -0.393 e. The Hall–Kier alpha value is -0.630. The van der Waals surface area contributed by atoms with Gasteiger partial charge < -0.3 is 5.11 Å². The molecule has 0 aromatic carbocycles. The molecule has 0 aromatic heterocycles. The molecule has 0 aromatic rings. The second-order valence-corrected chi connectivity index (χ2v) is 12.6. The van der Waals surface area contributed by atoms with Gasteiger partial charge in [0.15, 0.2) is 0 Å². The average molecular weight is 415 g/mol. The Morgan fingerprint density at radius 1 is 1.07 bits per heavy atom. The molecule has 30 heavy (non-hydrogen) atoms. The van der Waals surface area contributed by atoms with Crippen molar-refractivity contribution in [1.29, 1.82) is 0 Å². The third kappa shape index (κ3) is 3.54. The van der Waals surface area contributed by atoms with E-state index >= 15 is 0 Å². The van der Waals surface area contributed by atoms with Crippen LogP contribution in [0.4, 0.5) is 0 Å². The first-order valence-electron chi connectivity index (χ1n) is 13.0. The number of ketones is 1. The van der Waals surface area contributed by atoms with Gasteiger partial charge in [0.2, 0.25) is 0 Å². The minimum absolute atomic E-state index is 0.120. The van der Waals surface area contributed by atoms with Gasteiger partial charge in [0.1, 0.15) is 5.78 Å². The maximum Gasteiger partial charge on any atom is 0.136 e. The first-order chi connectivity index (χ1) is 14.1. The molecule has 0 radical (unpaired) electrons. The number of hydrogen-bond acceptors (Lipinski definition) is 2. The van der Waals surface area contributed by atoms with Crippen LogP contribution in [0.25, 0.3) is 0 Å². The van der Waals surface area contributed by atoms with Crippen LogP contribution in [0.5, 0.6) is 0 Å². The van der Waals surface area contributed by atoms with Gasteiger partial charge >= 0.3 is 0 Å². The molecule has 9 atom stereocenters. The molecule has 0 aliphatic heterocycles. The van der Waals surface area contributed by atoms with E-state index in [4.69, 9.17) is 0 Å². The fourth-order valence-electron chi connectivity index (χ4n) is 8.47. The van der Waals surface area contributed by atoms with Gasteiger partial charge in [0.25, 0.3) is 0 Å². The molecule has 4 rings (SSSR count). The second-order valence-electron chi connectivity index (χ2n) is 12.6. The van der Waals surface area contributed by atoms with Gasteiger partial charge in [0.05, 0.1) is 6.10 Å². The SMILES string of the molecule is CC(C)[C@@H](C)CC(=O)[C@@H](C)[C@H]1CCC2C3CC=C4C[C@@H](O)CC[C@]4(C)C3CC[C@@]21C. The summed E-state index contributed by atoms with van der Waals surface area (Å²) in [5.74, 6) is 4.73. The summed E-state index contributed by atoms with van der Waals surface area (Å²) < 4.78 is 0. The van der Waals surface area contributed by atoms with Crippen LogP contribution in [0.3, 0.4) is 0 Å². The summed E-state index contributed by atoms with van der Waals surface area (Å²) in [6, 6.07) is 0. The summed E-state index contributed by atoms with van der Waals surface area (Å²) in [7, 11) is 0. The number of carbonyl (C=O) groups excluding carboxylic acids is 1. The molecule has 3 unspecified atom stereocenters. The van der Waals surface area contributed by atoms with Crippen LogP contribution in [0.15, 0.2) is 11.6 Å². The van der Waals surface area contributed by atoms with Crippen molar-refractivity contribution in [3.8, 4) is 0 Å². The first-order valence-corrected chi connectivity index (χ1v) is 13.0. The van der Waals surface area contributed by atoms with Crippen LogP contribution >= 0.6 is 0 Å². The van der Waals surface area contributed by atoms with Gasteiger partial charge in [-0.15, -0.1) is 0 Å².